The summed E-state index contributed by atoms with van der Waals surface area (Å²) in [5.74, 6) is -0.754. The molecular formula is C18H23N3O5. The lowest BCUT2D eigenvalue weighted by molar-refractivity contribution is -0.146. The van der Waals surface area contributed by atoms with Gasteiger partial charge in [-0.05, 0) is 43.7 Å². The molecule has 1 aromatic rings. The molecule has 0 aromatic heterocycles. The summed E-state index contributed by atoms with van der Waals surface area (Å²) in [4.78, 5) is 38.2. The minimum atomic E-state index is -0.977. The maximum absolute atomic E-state index is 12.6. The zero-order valence-electron chi connectivity index (χ0n) is 14.5. The van der Waals surface area contributed by atoms with Gasteiger partial charge in [0.05, 0.1) is 31.1 Å². The normalized spacial score (nSPS) is 21.1. The number of carbonyl (C=O) groups is 3. The Morgan fingerprint density at radius 3 is 2.46 bits per heavy atom. The van der Waals surface area contributed by atoms with Crippen molar-refractivity contribution in [2.24, 2.45) is 11.7 Å². The van der Waals surface area contributed by atoms with Crippen LogP contribution in [0.15, 0.2) is 24.3 Å². The molecule has 2 heterocycles. The van der Waals surface area contributed by atoms with Crippen LogP contribution in [0.25, 0.3) is 0 Å². The monoisotopic (exact) mass is 361 g/mol. The summed E-state index contributed by atoms with van der Waals surface area (Å²) in [6.45, 7) is 2.60. The summed E-state index contributed by atoms with van der Waals surface area (Å²) in [5.41, 5.74) is 5.44. The van der Waals surface area contributed by atoms with E-state index in [0.717, 1.165) is 19.4 Å². The van der Waals surface area contributed by atoms with Crippen molar-refractivity contribution in [3.8, 4) is 5.75 Å². The van der Waals surface area contributed by atoms with E-state index in [1.807, 2.05) is 4.90 Å². The maximum Gasteiger partial charge on any atom is 0.335 e. The lowest BCUT2D eigenvalue weighted by Crippen LogP contribution is -2.59. The number of aromatic carboxylic acids is 1. The highest BCUT2D eigenvalue weighted by atomic mass is 16.5. The van der Waals surface area contributed by atoms with Crippen LogP contribution < -0.4 is 10.5 Å². The Hall–Kier alpha value is -2.61. The van der Waals surface area contributed by atoms with Crippen LogP contribution in [0.3, 0.4) is 0 Å². The molecule has 0 spiro atoms. The number of likely N-dealkylation sites (tertiary alicyclic amines) is 2. The van der Waals surface area contributed by atoms with E-state index in [1.54, 1.807) is 17.0 Å². The zero-order chi connectivity index (χ0) is 18.7. The number of hydrogen-bond donors (Lipinski definition) is 2. The van der Waals surface area contributed by atoms with E-state index in [9.17, 15) is 14.4 Å². The number of benzene rings is 1. The summed E-state index contributed by atoms with van der Waals surface area (Å²) in [6.07, 6.45) is 1.63. The van der Waals surface area contributed by atoms with E-state index in [0.29, 0.717) is 25.4 Å². The Morgan fingerprint density at radius 2 is 1.85 bits per heavy atom. The first-order valence-corrected chi connectivity index (χ1v) is 8.72. The van der Waals surface area contributed by atoms with Crippen LogP contribution in [0.4, 0.5) is 0 Å². The van der Waals surface area contributed by atoms with Crippen molar-refractivity contribution in [1.29, 1.82) is 0 Å². The molecule has 0 bridgehead atoms. The molecule has 2 amide bonds. The second kappa shape index (κ2) is 7.74. The lowest BCUT2D eigenvalue weighted by Gasteiger charge is -2.42. The predicted octanol–water partition coefficient (Wildman–Crippen LogP) is 0.172. The number of carbonyl (C=O) groups excluding carboxylic acids is 2. The minimum Gasteiger partial charge on any atom is -0.487 e. The third-order valence-corrected chi connectivity index (χ3v) is 4.80. The summed E-state index contributed by atoms with van der Waals surface area (Å²) >= 11 is 0. The molecule has 1 atom stereocenters. The van der Waals surface area contributed by atoms with Crippen molar-refractivity contribution in [1.82, 2.24) is 9.80 Å². The molecule has 2 aliphatic rings. The van der Waals surface area contributed by atoms with Crippen LogP contribution in [0.2, 0.25) is 0 Å². The number of carboxylic acids is 1. The van der Waals surface area contributed by atoms with Gasteiger partial charge in [-0.25, -0.2) is 4.79 Å². The minimum absolute atomic E-state index is 0.0834. The van der Waals surface area contributed by atoms with Crippen LogP contribution in [0.5, 0.6) is 5.75 Å². The van der Waals surface area contributed by atoms with Crippen LogP contribution >= 0.6 is 0 Å². The average Bonchev–Trinajstić information content (AvgIpc) is 2.57. The summed E-state index contributed by atoms with van der Waals surface area (Å²) < 4.78 is 5.77. The molecule has 3 N–H and O–H groups in total. The first-order valence-electron chi connectivity index (χ1n) is 8.72. The number of rotatable bonds is 6. The molecule has 2 fully saturated rings. The van der Waals surface area contributed by atoms with Crippen molar-refractivity contribution in [2.75, 3.05) is 32.7 Å². The molecule has 1 unspecified atom stereocenters. The Morgan fingerprint density at radius 1 is 1.15 bits per heavy atom. The average molecular weight is 361 g/mol. The Bertz CT molecular complexity index is 685. The largest absolute Gasteiger partial charge is 0.487 e. The third kappa shape index (κ3) is 4.32. The molecule has 2 saturated heterocycles. The first kappa shape index (κ1) is 18.2. The number of nitrogens with zero attached hydrogens (tertiary/aromatic N) is 2. The number of ether oxygens (including phenoxy) is 1. The molecule has 0 aliphatic carbocycles. The highest BCUT2D eigenvalue weighted by Crippen LogP contribution is 2.24. The molecule has 3 rings (SSSR count). The number of amides is 2. The van der Waals surface area contributed by atoms with Gasteiger partial charge >= 0.3 is 5.97 Å². The van der Waals surface area contributed by atoms with E-state index in [2.05, 4.69) is 0 Å². The van der Waals surface area contributed by atoms with E-state index in [-0.39, 0.29) is 35.9 Å². The molecule has 8 heteroatoms. The number of nitrogens with two attached hydrogens (primary N) is 1. The summed E-state index contributed by atoms with van der Waals surface area (Å²) in [7, 11) is 0. The quantitative estimate of drug-likeness (QED) is 0.747. The van der Waals surface area contributed by atoms with Crippen molar-refractivity contribution < 1.29 is 24.2 Å². The van der Waals surface area contributed by atoms with E-state index in [4.69, 9.17) is 15.6 Å². The number of carboxylic acid groups (broad SMARTS) is 1. The van der Waals surface area contributed by atoms with Gasteiger partial charge in [-0.15, -0.1) is 0 Å². The van der Waals surface area contributed by atoms with Gasteiger partial charge in [0.2, 0.25) is 11.8 Å². The van der Waals surface area contributed by atoms with Gasteiger partial charge in [0.1, 0.15) is 11.9 Å². The van der Waals surface area contributed by atoms with Crippen molar-refractivity contribution >= 4 is 17.8 Å². The molecular weight excluding hydrogens is 338 g/mol. The Labute approximate surface area is 151 Å². The molecule has 0 radical (unpaired) electrons. The van der Waals surface area contributed by atoms with Gasteiger partial charge in [-0.2, -0.15) is 0 Å². The topological polar surface area (TPSA) is 113 Å². The Balaban J connectivity index is 1.46. The molecule has 140 valence electrons. The summed E-state index contributed by atoms with van der Waals surface area (Å²) in [5, 5.41) is 8.89. The fourth-order valence-corrected chi connectivity index (χ4v) is 3.44. The smallest absolute Gasteiger partial charge is 0.335 e. The fourth-order valence-electron chi connectivity index (χ4n) is 3.44. The molecule has 26 heavy (non-hydrogen) atoms. The van der Waals surface area contributed by atoms with Gasteiger partial charge in [-0.1, -0.05) is 0 Å². The van der Waals surface area contributed by atoms with Gasteiger partial charge in [0, 0.05) is 6.54 Å². The lowest BCUT2D eigenvalue weighted by atomic mass is 9.95. The second-order valence-electron chi connectivity index (χ2n) is 6.85. The third-order valence-electron chi connectivity index (χ3n) is 4.80. The number of piperidine rings is 1. The molecule has 0 saturated carbocycles. The van der Waals surface area contributed by atoms with Crippen molar-refractivity contribution in [2.45, 2.75) is 18.9 Å². The van der Waals surface area contributed by atoms with Gasteiger partial charge in [-0.3, -0.25) is 14.5 Å². The van der Waals surface area contributed by atoms with Gasteiger partial charge in [0.15, 0.2) is 0 Å². The highest BCUT2D eigenvalue weighted by Gasteiger charge is 2.37. The van der Waals surface area contributed by atoms with Crippen molar-refractivity contribution in [3.63, 3.8) is 0 Å². The highest BCUT2D eigenvalue weighted by molar-refractivity contribution is 5.87. The number of primary amides is 1. The molecule has 8 nitrogen and oxygen atoms in total. The van der Waals surface area contributed by atoms with Crippen molar-refractivity contribution in [3.05, 3.63) is 29.8 Å². The van der Waals surface area contributed by atoms with E-state index < -0.39 is 5.97 Å². The SMILES string of the molecule is NC(=O)CN1CCCC(C(=O)N2CC(Oc3ccc(C(=O)O)cc3)C2)C1. The molecule has 2 aliphatic heterocycles. The van der Waals surface area contributed by atoms with Crippen LogP contribution in [-0.4, -0.2) is 71.5 Å². The van der Waals surface area contributed by atoms with Crippen LogP contribution in [-0.2, 0) is 9.59 Å². The van der Waals surface area contributed by atoms with Crippen LogP contribution in [0, 0.1) is 5.92 Å². The van der Waals surface area contributed by atoms with Gasteiger partial charge < -0.3 is 20.5 Å². The van der Waals surface area contributed by atoms with E-state index >= 15 is 0 Å². The van der Waals surface area contributed by atoms with Gasteiger partial charge in [0.25, 0.3) is 0 Å². The first-order chi connectivity index (χ1) is 12.4. The second-order valence-corrected chi connectivity index (χ2v) is 6.85. The molecule has 1 aromatic carbocycles. The summed E-state index contributed by atoms with van der Waals surface area (Å²) in [6, 6.07) is 6.23. The number of hydrogen-bond acceptors (Lipinski definition) is 5. The zero-order valence-corrected chi connectivity index (χ0v) is 14.5. The Kier molecular flexibility index (Phi) is 5.41. The fraction of sp³-hybridized carbons (Fsp3) is 0.500. The van der Waals surface area contributed by atoms with Crippen LogP contribution in [0.1, 0.15) is 23.2 Å². The standard InChI is InChI=1S/C18H23N3O5/c19-16(22)11-20-7-1-2-13(8-20)17(23)21-9-15(10-21)26-14-5-3-12(4-6-14)18(24)25/h3-6,13,15H,1-2,7-11H2,(H2,19,22)(H,24,25). The maximum atomic E-state index is 12.6. The predicted molar refractivity (Wildman–Crippen MR) is 92.8 cm³/mol. The van der Waals surface area contributed by atoms with E-state index in [1.165, 1.54) is 12.1 Å².